The van der Waals surface area contributed by atoms with Crippen LogP contribution < -0.4 is 0 Å². The van der Waals surface area contributed by atoms with Gasteiger partial charge in [0.05, 0.1) is 12.2 Å². The Morgan fingerprint density at radius 3 is 2.70 bits per heavy atom. The molecule has 0 amide bonds. The number of aliphatic hydroxyl groups is 2. The lowest BCUT2D eigenvalue weighted by molar-refractivity contribution is -0.121. The highest BCUT2D eigenvalue weighted by Gasteiger charge is 2.27. The lowest BCUT2D eigenvalue weighted by atomic mass is 10.0. The van der Waals surface area contributed by atoms with Crippen LogP contribution >= 0.6 is 0 Å². The molecule has 3 nitrogen and oxygen atoms in total. The van der Waals surface area contributed by atoms with Crippen molar-refractivity contribution < 1.29 is 14.9 Å². The van der Waals surface area contributed by atoms with E-state index in [2.05, 4.69) is 0 Å². The largest absolute Gasteiger partial charge is 0.391 e. The molecule has 0 bridgehead atoms. The van der Waals surface area contributed by atoms with Gasteiger partial charge in [-0.15, -0.1) is 0 Å². The van der Waals surface area contributed by atoms with Gasteiger partial charge in [-0.05, 0) is 19.8 Å². The van der Waals surface area contributed by atoms with Gasteiger partial charge in [0, 0.05) is 6.61 Å². The van der Waals surface area contributed by atoms with Gasteiger partial charge in [0.25, 0.3) is 0 Å². The fourth-order valence-corrected chi connectivity index (χ4v) is 1.25. The maximum absolute atomic E-state index is 9.25. The van der Waals surface area contributed by atoms with E-state index in [-0.39, 0.29) is 6.10 Å². The van der Waals surface area contributed by atoms with E-state index in [1.54, 1.807) is 6.92 Å². The SMILES string of the molecule is CC(O)[C@@H]1OCCC[C@@H]1O. The van der Waals surface area contributed by atoms with Crippen molar-refractivity contribution in [3.05, 3.63) is 0 Å². The first kappa shape index (κ1) is 7.98. The molecule has 60 valence electrons. The van der Waals surface area contributed by atoms with Crippen LogP contribution in [0.15, 0.2) is 0 Å². The van der Waals surface area contributed by atoms with E-state index in [9.17, 15) is 5.11 Å². The Balaban J connectivity index is 2.40. The molecule has 1 unspecified atom stereocenters. The number of aliphatic hydroxyl groups excluding tert-OH is 2. The Hall–Kier alpha value is -0.120. The van der Waals surface area contributed by atoms with Crippen LogP contribution in [0, 0.1) is 0 Å². The van der Waals surface area contributed by atoms with Crippen LogP contribution in [0.4, 0.5) is 0 Å². The second-order valence-electron chi connectivity index (χ2n) is 2.79. The van der Waals surface area contributed by atoms with Crippen LogP contribution in [-0.2, 0) is 4.74 Å². The summed E-state index contributed by atoms with van der Waals surface area (Å²) in [5.41, 5.74) is 0. The van der Waals surface area contributed by atoms with Crippen molar-refractivity contribution in [1.29, 1.82) is 0 Å². The van der Waals surface area contributed by atoms with Gasteiger partial charge in [0.2, 0.25) is 0 Å². The smallest absolute Gasteiger partial charge is 0.109 e. The first-order valence-corrected chi connectivity index (χ1v) is 3.69. The van der Waals surface area contributed by atoms with Gasteiger partial charge >= 0.3 is 0 Å². The summed E-state index contributed by atoms with van der Waals surface area (Å²) in [5, 5.41) is 18.3. The fraction of sp³-hybridized carbons (Fsp3) is 1.00. The highest BCUT2D eigenvalue weighted by molar-refractivity contribution is 4.77. The number of ether oxygens (including phenoxy) is 1. The van der Waals surface area contributed by atoms with E-state index in [4.69, 9.17) is 9.84 Å². The zero-order valence-corrected chi connectivity index (χ0v) is 6.16. The molecule has 0 aromatic rings. The van der Waals surface area contributed by atoms with Gasteiger partial charge in [0.1, 0.15) is 6.10 Å². The summed E-state index contributed by atoms with van der Waals surface area (Å²) in [6.07, 6.45) is 0.234. The minimum absolute atomic E-state index is 0.367. The fourth-order valence-electron chi connectivity index (χ4n) is 1.25. The monoisotopic (exact) mass is 146 g/mol. The molecule has 0 aromatic carbocycles. The molecule has 3 atom stereocenters. The van der Waals surface area contributed by atoms with Crippen molar-refractivity contribution >= 4 is 0 Å². The first-order chi connectivity index (χ1) is 4.72. The maximum atomic E-state index is 9.25. The average molecular weight is 146 g/mol. The number of hydrogen-bond donors (Lipinski definition) is 2. The van der Waals surface area contributed by atoms with Crippen LogP contribution in [-0.4, -0.2) is 35.1 Å². The molecule has 1 heterocycles. The second kappa shape index (κ2) is 3.32. The van der Waals surface area contributed by atoms with E-state index in [0.29, 0.717) is 6.61 Å². The minimum atomic E-state index is -0.560. The van der Waals surface area contributed by atoms with Crippen LogP contribution in [0.25, 0.3) is 0 Å². The highest BCUT2D eigenvalue weighted by Crippen LogP contribution is 2.16. The molecule has 0 saturated carbocycles. The molecule has 1 aliphatic heterocycles. The molecule has 3 heteroatoms. The lowest BCUT2D eigenvalue weighted by Crippen LogP contribution is -2.41. The third kappa shape index (κ3) is 1.68. The third-order valence-corrected chi connectivity index (χ3v) is 1.81. The maximum Gasteiger partial charge on any atom is 0.109 e. The normalized spacial score (nSPS) is 37.5. The Labute approximate surface area is 60.6 Å². The molecular weight excluding hydrogens is 132 g/mol. The minimum Gasteiger partial charge on any atom is -0.391 e. The summed E-state index contributed by atoms with van der Waals surface area (Å²) >= 11 is 0. The summed E-state index contributed by atoms with van der Waals surface area (Å²) in [7, 11) is 0. The Morgan fingerprint density at radius 1 is 1.60 bits per heavy atom. The number of hydrogen-bond acceptors (Lipinski definition) is 3. The van der Waals surface area contributed by atoms with Crippen molar-refractivity contribution in [2.24, 2.45) is 0 Å². The molecule has 10 heavy (non-hydrogen) atoms. The summed E-state index contributed by atoms with van der Waals surface area (Å²) in [5.74, 6) is 0. The van der Waals surface area contributed by atoms with Gasteiger partial charge in [-0.25, -0.2) is 0 Å². The van der Waals surface area contributed by atoms with Crippen molar-refractivity contribution in [3.8, 4) is 0 Å². The molecule has 1 rings (SSSR count). The van der Waals surface area contributed by atoms with Crippen molar-refractivity contribution in [3.63, 3.8) is 0 Å². The summed E-state index contributed by atoms with van der Waals surface area (Å²) in [6.45, 7) is 2.30. The van der Waals surface area contributed by atoms with Gasteiger partial charge in [-0.3, -0.25) is 0 Å². The zero-order valence-electron chi connectivity index (χ0n) is 6.16. The molecule has 1 saturated heterocycles. The molecule has 0 aromatic heterocycles. The molecular formula is C7H14O3. The van der Waals surface area contributed by atoms with Crippen LogP contribution in [0.1, 0.15) is 19.8 Å². The second-order valence-corrected chi connectivity index (χ2v) is 2.79. The Bertz CT molecular complexity index is 103. The molecule has 0 aliphatic carbocycles. The van der Waals surface area contributed by atoms with Crippen molar-refractivity contribution in [2.45, 2.75) is 38.1 Å². The van der Waals surface area contributed by atoms with E-state index in [1.807, 2.05) is 0 Å². The molecule has 2 N–H and O–H groups in total. The van der Waals surface area contributed by atoms with Gasteiger partial charge in [-0.1, -0.05) is 0 Å². The number of rotatable bonds is 1. The molecule has 0 spiro atoms. The van der Waals surface area contributed by atoms with Crippen molar-refractivity contribution in [1.82, 2.24) is 0 Å². The molecule has 0 radical (unpaired) electrons. The topological polar surface area (TPSA) is 49.7 Å². The average Bonchev–Trinajstić information content (AvgIpc) is 1.88. The van der Waals surface area contributed by atoms with Gasteiger partial charge in [-0.2, -0.15) is 0 Å². The molecule has 1 fully saturated rings. The van der Waals surface area contributed by atoms with E-state index >= 15 is 0 Å². The van der Waals surface area contributed by atoms with Crippen LogP contribution in [0.2, 0.25) is 0 Å². The van der Waals surface area contributed by atoms with Crippen LogP contribution in [0.5, 0.6) is 0 Å². The van der Waals surface area contributed by atoms with Crippen LogP contribution in [0.3, 0.4) is 0 Å². The highest BCUT2D eigenvalue weighted by atomic mass is 16.5. The summed E-state index contributed by atoms with van der Waals surface area (Å²) in [6, 6.07) is 0. The predicted molar refractivity (Wildman–Crippen MR) is 36.7 cm³/mol. The van der Waals surface area contributed by atoms with E-state index in [0.717, 1.165) is 12.8 Å². The molecule has 1 aliphatic rings. The van der Waals surface area contributed by atoms with E-state index < -0.39 is 12.2 Å². The zero-order chi connectivity index (χ0) is 7.56. The lowest BCUT2D eigenvalue weighted by Gasteiger charge is -2.29. The van der Waals surface area contributed by atoms with Crippen molar-refractivity contribution in [2.75, 3.05) is 6.61 Å². The summed E-state index contributed by atoms with van der Waals surface area (Å²) in [4.78, 5) is 0. The van der Waals surface area contributed by atoms with E-state index in [1.165, 1.54) is 0 Å². The van der Waals surface area contributed by atoms with Gasteiger partial charge in [0.15, 0.2) is 0 Å². The Kier molecular flexibility index (Phi) is 2.65. The predicted octanol–water partition coefficient (Wildman–Crippen LogP) is -0.0929. The quantitative estimate of drug-likeness (QED) is 0.543. The standard InChI is InChI=1S/C7H14O3/c1-5(8)7-6(9)3-2-4-10-7/h5-9H,2-4H2,1H3/t5?,6-,7-/m0/s1. The Morgan fingerprint density at radius 2 is 2.30 bits per heavy atom. The summed E-state index contributed by atoms with van der Waals surface area (Å²) < 4.78 is 5.15. The van der Waals surface area contributed by atoms with Gasteiger partial charge < -0.3 is 14.9 Å². The first-order valence-electron chi connectivity index (χ1n) is 3.69. The third-order valence-electron chi connectivity index (χ3n) is 1.81.